The molecule has 2 aromatic rings. The second-order valence-electron chi connectivity index (χ2n) is 4.46. The first-order valence-corrected chi connectivity index (χ1v) is 6.59. The van der Waals surface area contributed by atoms with Crippen LogP contribution in [0.3, 0.4) is 0 Å². The highest BCUT2D eigenvalue weighted by Gasteiger charge is 2.17. The van der Waals surface area contributed by atoms with Crippen LogP contribution in [-0.4, -0.2) is 14.9 Å². The quantitative estimate of drug-likeness (QED) is 0.909. The number of thiophene rings is 1. The third-order valence-corrected chi connectivity index (χ3v) is 4.38. The van der Waals surface area contributed by atoms with Gasteiger partial charge in [-0.2, -0.15) is 5.10 Å². The molecular weight excluding hydrogens is 232 g/mol. The first kappa shape index (κ1) is 12.3. The Balaban J connectivity index is 2.24. The SMILES string of the molecule is Cc1ccsc1C(O)Cc1c(C)nn(C)c1C. The fourth-order valence-electron chi connectivity index (χ4n) is 2.12. The summed E-state index contributed by atoms with van der Waals surface area (Å²) in [4.78, 5) is 1.06. The van der Waals surface area contributed by atoms with E-state index in [9.17, 15) is 5.11 Å². The van der Waals surface area contributed by atoms with Crippen LogP contribution in [0.2, 0.25) is 0 Å². The van der Waals surface area contributed by atoms with E-state index in [0.717, 1.165) is 21.8 Å². The summed E-state index contributed by atoms with van der Waals surface area (Å²) < 4.78 is 1.87. The summed E-state index contributed by atoms with van der Waals surface area (Å²) in [7, 11) is 1.94. The summed E-state index contributed by atoms with van der Waals surface area (Å²) in [6.07, 6.45) is 0.226. The Labute approximate surface area is 106 Å². The van der Waals surface area contributed by atoms with Crippen LogP contribution < -0.4 is 0 Å². The molecule has 3 nitrogen and oxygen atoms in total. The van der Waals surface area contributed by atoms with Gasteiger partial charge >= 0.3 is 0 Å². The third-order valence-electron chi connectivity index (χ3n) is 3.26. The van der Waals surface area contributed by atoms with E-state index < -0.39 is 6.10 Å². The van der Waals surface area contributed by atoms with E-state index >= 15 is 0 Å². The Morgan fingerprint density at radius 1 is 1.41 bits per heavy atom. The van der Waals surface area contributed by atoms with Crippen molar-refractivity contribution in [2.24, 2.45) is 7.05 Å². The number of nitrogens with zero attached hydrogens (tertiary/aromatic N) is 2. The lowest BCUT2D eigenvalue weighted by Crippen LogP contribution is -2.03. The van der Waals surface area contributed by atoms with Gasteiger partial charge in [-0.15, -0.1) is 11.3 Å². The predicted octanol–water partition coefficient (Wildman–Crippen LogP) is 2.68. The fraction of sp³-hybridized carbons (Fsp3) is 0.462. The lowest BCUT2D eigenvalue weighted by atomic mass is 10.0. The van der Waals surface area contributed by atoms with Gasteiger partial charge in [-0.25, -0.2) is 0 Å². The minimum absolute atomic E-state index is 0.420. The van der Waals surface area contributed by atoms with E-state index in [1.165, 1.54) is 5.56 Å². The van der Waals surface area contributed by atoms with Crippen molar-refractivity contribution in [1.82, 2.24) is 9.78 Å². The molecule has 2 heterocycles. The van der Waals surface area contributed by atoms with Crippen molar-refractivity contribution in [3.63, 3.8) is 0 Å². The van der Waals surface area contributed by atoms with Gasteiger partial charge in [0, 0.05) is 24.0 Å². The van der Waals surface area contributed by atoms with Gasteiger partial charge in [-0.3, -0.25) is 4.68 Å². The van der Waals surface area contributed by atoms with Crippen molar-refractivity contribution in [2.45, 2.75) is 33.3 Å². The van der Waals surface area contributed by atoms with E-state index in [1.54, 1.807) is 11.3 Å². The molecule has 0 bridgehead atoms. The van der Waals surface area contributed by atoms with E-state index in [2.05, 4.69) is 5.10 Å². The first-order chi connectivity index (χ1) is 8.00. The summed E-state index contributed by atoms with van der Waals surface area (Å²) in [6.45, 7) is 6.08. The summed E-state index contributed by atoms with van der Waals surface area (Å²) in [6, 6.07) is 2.05. The minimum Gasteiger partial charge on any atom is -0.387 e. The number of hydrogen-bond acceptors (Lipinski definition) is 3. The molecule has 0 saturated heterocycles. The Hall–Kier alpha value is -1.13. The molecule has 2 aromatic heterocycles. The normalized spacial score (nSPS) is 13.0. The highest BCUT2D eigenvalue weighted by atomic mass is 32.1. The molecule has 0 aliphatic rings. The van der Waals surface area contributed by atoms with E-state index in [4.69, 9.17) is 0 Å². The van der Waals surface area contributed by atoms with Crippen molar-refractivity contribution < 1.29 is 5.11 Å². The molecule has 0 radical (unpaired) electrons. The molecule has 1 N–H and O–H groups in total. The van der Waals surface area contributed by atoms with Crippen LogP contribution in [0.5, 0.6) is 0 Å². The molecule has 17 heavy (non-hydrogen) atoms. The Bertz CT molecular complexity index is 528. The second kappa shape index (κ2) is 4.63. The molecule has 1 unspecified atom stereocenters. The van der Waals surface area contributed by atoms with E-state index in [1.807, 2.05) is 43.9 Å². The maximum atomic E-state index is 10.3. The van der Waals surface area contributed by atoms with Crippen LogP contribution in [-0.2, 0) is 13.5 Å². The molecule has 0 aliphatic heterocycles. The number of aryl methyl sites for hydroxylation is 3. The molecule has 0 aromatic carbocycles. The molecule has 0 fully saturated rings. The molecular formula is C13H18N2OS. The zero-order chi connectivity index (χ0) is 12.6. The van der Waals surface area contributed by atoms with Gasteiger partial charge in [0.2, 0.25) is 0 Å². The van der Waals surface area contributed by atoms with Crippen molar-refractivity contribution in [1.29, 1.82) is 0 Å². The number of aromatic nitrogens is 2. The predicted molar refractivity (Wildman–Crippen MR) is 70.4 cm³/mol. The zero-order valence-electron chi connectivity index (χ0n) is 10.7. The van der Waals surface area contributed by atoms with Gasteiger partial charge in [-0.1, -0.05) is 0 Å². The molecule has 2 rings (SSSR count). The van der Waals surface area contributed by atoms with Gasteiger partial charge < -0.3 is 5.11 Å². The summed E-state index contributed by atoms with van der Waals surface area (Å²) in [5.74, 6) is 0. The van der Waals surface area contributed by atoms with Crippen molar-refractivity contribution in [2.75, 3.05) is 0 Å². The average molecular weight is 250 g/mol. The fourth-order valence-corrected chi connectivity index (χ4v) is 3.04. The van der Waals surface area contributed by atoms with Crippen LogP contribution in [0.1, 0.15) is 33.5 Å². The number of hydrogen-bond donors (Lipinski definition) is 1. The van der Waals surface area contributed by atoms with Crippen LogP contribution in [0.15, 0.2) is 11.4 Å². The molecule has 0 spiro atoms. The standard InChI is InChI=1S/C13H18N2OS/c1-8-5-6-17-13(8)12(16)7-11-9(2)14-15(4)10(11)3/h5-6,12,16H,7H2,1-4H3. The maximum absolute atomic E-state index is 10.3. The van der Waals surface area contributed by atoms with Crippen LogP contribution >= 0.6 is 11.3 Å². The molecule has 1 atom stereocenters. The topological polar surface area (TPSA) is 38.1 Å². The van der Waals surface area contributed by atoms with Crippen molar-refractivity contribution >= 4 is 11.3 Å². The van der Waals surface area contributed by atoms with Gasteiger partial charge in [0.25, 0.3) is 0 Å². The zero-order valence-corrected chi connectivity index (χ0v) is 11.5. The molecule has 0 saturated carbocycles. The van der Waals surface area contributed by atoms with E-state index in [0.29, 0.717) is 6.42 Å². The van der Waals surface area contributed by atoms with Crippen molar-refractivity contribution in [3.05, 3.63) is 38.8 Å². The summed E-state index contributed by atoms with van der Waals surface area (Å²) in [5.41, 5.74) is 4.48. The lowest BCUT2D eigenvalue weighted by Gasteiger charge is -2.10. The van der Waals surface area contributed by atoms with E-state index in [-0.39, 0.29) is 0 Å². The maximum Gasteiger partial charge on any atom is 0.0926 e. The largest absolute Gasteiger partial charge is 0.387 e. The van der Waals surface area contributed by atoms with Gasteiger partial charge in [0.1, 0.15) is 0 Å². The Kier molecular flexibility index (Phi) is 3.35. The third kappa shape index (κ3) is 2.28. The minimum atomic E-state index is -0.420. The van der Waals surface area contributed by atoms with Crippen LogP contribution in [0, 0.1) is 20.8 Å². The van der Waals surface area contributed by atoms with Crippen molar-refractivity contribution in [3.8, 4) is 0 Å². The Morgan fingerprint density at radius 3 is 2.59 bits per heavy atom. The molecule has 0 amide bonds. The highest BCUT2D eigenvalue weighted by molar-refractivity contribution is 7.10. The molecule has 0 aliphatic carbocycles. The summed E-state index contributed by atoms with van der Waals surface area (Å²) in [5, 5.41) is 16.7. The summed E-state index contributed by atoms with van der Waals surface area (Å²) >= 11 is 1.62. The molecule has 4 heteroatoms. The van der Waals surface area contributed by atoms with Crippen LogP contribution in [0.4, 0.5) is 0 Å². The van der Waals surface area contributed by atoms with Gasteiger partial charge in [-0.05, 0) is 43.3 Å². The lowest BCUT2D eigenvalue weighted by molar-refractivity contribution is 0.181. The highest BCUT2D eigenvalue weighted by Crippen LogP contribution is 2.28. The van der Waals surface area contributed by atoms with Gasteiger partial charge in [0.05, 0.1) is 11.8 Å². The van der Waals surface area contributed by atoms with Gasteiger partial charge in [0.15, 0.2) is 0 Å². The second-order valence-corrected chi connectivity index (χ2v) is 5.41. The smallest absolute Gasteiger partial charge is 0.0926 e. The first-order valence-electron chi connectivity index (χ1n) is 5.71. The van der Waals surface area contributed by atoms with Crippen LogP contribution in [0.25, 0.3) is 0 Å². The average Bonchev–Trinajstić information content (AvgIpc) is 2.78. The molecule has 92 valence electrons. The number of aliphatic hydroxyl groups is 1. The number of aliphatic hydroxyl groups excluding tert-OH is 1. The Morgan fingerprint density at radius 2 is 2.12 bits per heavy atom. The monoisotopic (exact) mass is 250 g/mol. The number of rotatable bonds is 3.